The minimum absolute atomic E-state index is 0.101. The Morgan fingerprint density at radius 1 is 1.10 bits per heavy atom. The normalized spacial score (nSPS) is 21.0. The van der Waals surface area contributed by atoms with Crippen molar-refractivity contribution in [2.45, 2.75) is 12.0 Å². The second-order valence-electron chi connectivity index (χ2n) is 4.95. The first kappa shape index (κ1) is 13.3. The number of oxime groups is 1. The van der Waals surface area contributed by atoms with Crippen molar-refractivity contribution >= 4 is 17.3 Å². The minimum Gasteiger partial charge on any atom is -0.411 e. The molecular weight excluding hydrogens is 268 g/mol. The van der Waals surface area contributed by atoms with E-state index in [2.05, 4.69) is 10.5 Å². The molecule has 0 spiro atoms. The van der Waals surface area contributed by atoms with Crippen LogP contribution in [0.1, 0.15) is 17.5 Å². The fourth-order valence-corrected chi connectivity index (χ4v) is 2.54. The Balaban J connectivity index is 1.99. The summed E-state index contributed by atoms with van der Waals surface area (Å²) in [6.07, 6.45) is -0.101. The molecule has 5 heteroatoms. The molecule has 0 saturated carbocycles. The van der Waals surface area contributed by atoms with Crippen LogP contribution in [0.5, 0.6) is 0 Å². The van der Waals surface area contributed by atoms with Crippen molar-refractivity contribution < 1.29 is 15.1 Å². The third-order valence-corrected chi connectivity index (χ3v) is 3.65. The van der Waals surface area contributed by atoms with Crippen molar-refractivity contribution in [1.82, 2.24) is 0 Å². The van der Waals surface area contributed by atoms with E-state index in [0.717, 1.165) is 0 Å². The standard InChI is InChI=1S/C16H14N2O3/c19-15-16(20,12-8-4-5-9-13(12)17-15)10-14(18-21)11-6-2-1-3-7-11/h1-9,20-21H,10H2,(H,17,19)/b18-14+/t16-/m0/s1. The topological polar surface area (TPSA) is 81.9 Å². The predicted molar refractivity (Wildman–Crippen MR) is 78.4 cm³/mol. The number of rotatable bonds is 3. The smallest absolute Gasteiger partial charge is 0.261 e. The van der Waals surface area contributed by atoms with Crippen molar-refractivity contribution in [2.24, 2.45) is 5.16 Å². The van der Waals surface area contributed by atoms with Gasteiger partial charge in [-0.25, -0.2) is 0 Å². The van der Waals surface area contributed by atoms with Crippen molar-refractivity contribution in [3.05, 3.63) is 65.7 Å². The summed E-state index contributed by atoms with van der Waals surface area (Å²) in [6.45, 7) is 0. The van der Waals surface area contributed by atoms with Gasteiger partial charge in [-0.2, -0.15) is 0 Å². The van der Waals surface area contributed by atoms with Gasteiger partial charge < -0.3 is 15.6 Å². The van der Waals surface area contributed by atoms with Crippen LogP contribution in [0.25, 0.3) is 0 Å². The van der Waals surface area contributed by atoms with Gasteiger partial charge in [-0.1, -0.05) is 53.7 Å². The number of aliphatic hydroxyl groups is 1. The molecule has 1 aliphatic heterocycles. The quantitative estimate of drug-likeness (QED) is 0.458. The number of benzene rings is 2. The molecule has 0 unspecified atom stereocenters. The Morgan fingerprint density at radius 3 is 2.48 bits per heavy atom. The van der Waals surface area contributed by atoms with Crippen molar-refractivity contribution in [3.63, 3.8) is 0 Å². The van der Waals surface area contributed by atoms with Gasteiger partial charge in [0.1, 0.15) is 0 Å². The zero-order valence-electron chi connectivity index (χ0n) is 11.2. The van der Waals surface area contributed by atoms with E-state index in [9.17, 15) is 15.1 Å². The van der Waals surface area contributed by atoms with Crippen molar-refractivity contribution in [1.29, 1.82) is 0 Å². The fourth-order valence-electron chi connectivity index (χ4n) is 2.54. The third kappa shape index (κ3) is 2.17. The van der Waals surface area contributed by atoms with E-state index in [-0.39, 0.29) is 12.1 Å². The monoisotopic (exact) mass is 282 g/mol. The summed E-state index contributed by atoms with van der Waals surface area (Å²) in [7, 11) is 0. The van der Waals surface area contributed by atoms with Crippen LogP contribution < -0.4 is 5.32 Å². The van der Waals surface area contributed by atoms with Crippen molar-refractivity contribution in [3.8, 4) is 0 Å². The second kappa shape index (κ2) is 5.03. The van der Waals surface area contributed by atoms with Crippen LogP contribution in [-0.4, -0.2) is 21.9 Å². The summed E-state index contributed by atoms with van der Waals surface area (Å²) in [5.74, 6) is -0.513. The molecule has 5 nitrogen and oxygen atoms in total. The molecule has 21 heavy (non-hydrogen) atoms. The lowest BCUT2D eigenvalue weighted by Gasteiger charge is -2.21. The van der Waals surface area contributed by atoms with Crippen LogP contribution in [0.15, 0.2) is 59.8 Å². The molecule has 0 aromatic heterocycles. The molecule has 0 aliphatic carbocycles. The summed E-state index contributed by atoms with van der Waals surface area (Å²) in [6, 6.07) is 15.9. The maximum Gasteiger partial charge on any atom is 0.261 e. The lowest BCUT2D eigenvalue weighted by Crippen LogP contribution is -2.36. The summed E-state index contributed by atoms with van der Waals surface area (Å²) >= 11 is 0. The predicted octanol–water partition coefficient (Wildman–Crippen LogP) is 2.09. The first-order valence-electron chi connectivity index (χ1n) is 6.55. The molecule has 2 aromatic carbocycles. The molecule has 0 bridgehead atoms. The highest BCUT2D eigenvalue weighted by Gasteiger charge is 2.46. The minimum atomic E-state index is -1.73. The molecule has 106 valence electrons. The van der Waals surface area contributed by atoms with E-state index in [1.54, 1.807) is 48.5 Å². The van der Waals surface area contributed by atoms with Crippen LogP contribution >= 0.6 is 0 Å². The Hall–Kier alpha value is -2.66. The van der Waals surface area contributed by atoms with Gasteiger partial charge in [-0.05, 0) is 11.6 Å². The SMILES string of the molecule is O=C1Nc2ccccc2[C@@]1(O)C/C(=N\O)c1ccccc1. The lowest BCUT2D eigenvalue weighted by molar-refractivity contribution is -0.132. The summed E-state index contributed by atoms with van der Waals surface area (Å²) in [4.78, 5) is 12.1. The van der Waals surface area contributed by atoms with Gasteiger partial charge in [-0.3, -0.25) is 4.79 Å². The lowest BCUT2D eigenvalue weighted by atomic mass is 9.88. The number of nitrogens with one attached hydrogen (secondary N) is 1. The van der Waals surface area contributed by atoms with Crippen LogP contribution in [0.4, 0.5) is 5.69 Å². The molecule has 2 aromatic rings. The molecule has 0 radical (unpaired) electrons. The second-order valence-corrected chi connectivity index (χ2v) is 4.95. The highest BCUT2D eigenvalue weighted by atomic mass is 16.4. The number of amides is 1. The average Bonchev–Trinajstić information content (AvgIpc) is 2.78. The first-order valence-corrected chi connectivity index (χ1v) is 6.55. The summed E-state index contributed by atoms with van der Waals surface area (Å²) in [5.41, 5.74) is 0.256. The van der Waals surface area contributed by atoms with E-state index in [0.29, 0.717) is 16.8 Å². The number of fused-ring (bicyclic) bond motifs is 1. The zero-order chi connectivity index (χ0) is 14.9. The number of hydrogen-bond donors (Lipinski definition) is 3. The maximum absolute atomic E-state index is 12.1. The molecule has 1 aliphatic rings. The molecule has 0 fully saturated rings. The number of hydrogen-bond acceptors (Lipinski definition) is 4. The molecular formula is C16H14N2O3. The van der Waals surface area contributed by atoms with E-state index in [4.69, 9.17) is 0 Å². The highest BCUT2D eigenvalue weighted by molar-refractivity contribution is 6.10. The van der Waals surface area contributed by atoms with Gasteiger partial charge in [0.25, 0.3) is 5.91 Å². The van der Waals surface area contributed by atoms with Crippen LogP contribution in [-0.2, 0) is 10.4 Å². The average molecular weight is 282 g/mol. The molecule has 3 rings (SSSR count). The third-order valence-electron chi connectivity index (χ3n) is 3.65. The number of carbonyl (C=O) groups is 1. The maximum atomic E-state index is 12.1. The molecule has 1 heterocycles. The molecule has 0 saturated heterocycles. The van der Waals surface area contributed by atoms with Gasteiger partial charge in [0, 0.05) is 17.7 Å². The zero-order valence-corrected chi connectivity index (χ0v) is 11.2. The summed E-state index contributed by atoms with van der Waals surface area (Å²) < 4.78 is 0. The van der Waals surface area contributed by atoms with E-state index in [1.807, 2.05) is 6.07 Å². The largest absolute Gasteiger partial charge is 0.411 e. The van der Waals surface area contributed by atoms with Crippen LogP contribution in [0, 0.1) is 0 Å². The van der Waals surface area contributed by atoms with Gasteiger partial charge in [0.2, 0.25) is 0 Å². The number of anilines is 1. The number of nitrogens with zero attached hydrogens (tertiary/aromatic N) is 1. The van der Waals surface area contributed by atoms with E-state index in [1.165, 1.54) is 0 Å². The van der Waals surface area contributed by atoms with Gasteiger partial charge >= 0.3 is 0 Å². The Kier molecular flexibility index (Phi) is 3.19. The first-order chi connectivity index (χ1) is 10.1. The van der Waals surface area contributed by atoms with E-state index < -0.39 is 11.5 Å². The van der Waals surface area contributed by atoms with Gasteiger partial charge in [0.15, 0.2) is 5.60 Å². The van der Waals surface area contributed by atoms with E-state index >= 15 is 0 Å². The van der Waals surface area contributed by atoms with Crippen molar-refractivity contribution in [2.75, 3.05) is 5.32 Å². The summed E-state index contributed by atoms with van der Waals surface area (Å²) in [5, 5.41) is 25.9. The Labute approximate surface area is 121 Å². The van der Waals surface area contributed by atoms with Crippen LogP contribution in [0.3, 0.4) is 0 Å². The molecule has 3 N–H and O–H groups in total. The van der Waals surface area contributed by atoms with Gasteiger partial charge in [0.05, 0.1) is 5.71 Å². The number of carbonyl (C=O) groups excluding carboxylic acids is 1. The van der Waals surface area contributed by atoms with Crippen LogP contribution in [0.2, 0.25) is 0 Å². The highest BCUT2D eigenvalue weighted by Crippen LogP contribution is 2.38. The molecule has 1 amide bonds. The Bertz CT molecular complexity index is 712. The Morgan fingerprint density at radius 2 is 1.76 bits per heavy atom. The van der Waals surface area contributed by atoms with Gasteiger partial charge in [-0.15, -0.1) is 0 Å². The fraction of sp³-hybridized carbons (Fsp3) is 0.125. The molecule has 1 atom stereocenters. The number of para-hydroxylation sites is 1.